The average Bonchev–Trinajstić information content (AvgIpc) is 2.28. The normalized spacial score (nSPS) is 11.5. The lowest BCUT2D eigenvalue weighted by atomic mass is 10.2. The maximum atomic E-state index is 8.48. The Morgan fingerprint density at radius 2 is 2.33 bits per heavy atom. The number of nitrogens with zero attached hydrogens (tertiary/aromatic N) is 3. The number of pyridine rings is 1. The highest BCUT2D eigenvalue weighted by Gasteiger charge is 2.03. The first-order valence-corrected chi connectivity index (χ1v) is 4.84. The van der Waals surface area contributed by atoms with Gasteiger partial charge in [0.2, 0.25) is 0 Å². The number of aromatic nitrogens is 1. The first-order valence-electron chi connectivity index (χ1n) is 4.84. The molecule has 1 rings (SSSR count). The Labute approximate surface area is 89.2 Å². The van der Waals surface area contributed by atoms with Crippen molar-refractivity contribution in [1.82, 2.24) is 4.98 Å². The summed E-state index contributed by atoms with van der Waals surface area (Å²) in [6.07, 6.45) is 2.66. The third kappa shape index (κ3) is 2.83. The van der Waals surface area contributed by atoms with Crippen LogP contribution < -0.4 is 10.6 Å². The van der Waals surface area contributed by atoms with Crippen LogP contribution in [0.3, 0.4) is 0 Å². The molecule has 0 spiro atoms. The van der Waals surface area contributed by atoms with E-state index in [1.54, 1.807) is 12.3 Å². The Kier molecular flexibility index (Phi) is 3.91. The molecule has 0 aliphatic carbocycles. The molecule has 82 valence electrons. The lowest BCUT2D eigenvalue weighted by Crippen LogP contribution is -2.19. The van der Waals surface area contributed by atoms with Gasteiger partial charge in [0.1, 0.15) is 5.82 Å². The van der Waals surface area contributed by atoms with E-state index in [2.05, 4.69) is 22.0 Å². The maximum Gasteiger partial charge on any atom is 0.171 e. The van der Waals surface area contributed by atoms with Crippen LogP contribution in [0.25, 0.3) is 0 Å². The van der Waals surface area contributed by atoms with Gasteiger partial charge in [-0.25, -0.2) is 4.98 Å². The van der Waals surface area contributed by atoms with Gasteiger partial charge >= 0.3 is 0 Å². The second-order valence-electron chi connectivity index (χ2n) is 3.31. The van der Waals surface area contributed by atoms with E-state index in [1.165, 1.54) is 0 Å². The zero-order chi connectivity index (χ0) is 11.3. The predicted molar refractivity (Wildman–Crippen MR) is 60.3 cm³/mol. The zero-order valence-electron chi connectivity index (χ0n) is 9.01. The van der Waals surface area contributed by atoms with E-state index in [0.717, 1.165) is 18.8 Å². The predicted octanol–water partition coefficient (Wildman–Crippen LogP) is 1.02. The molecule has 0 aromatic carbocycles. The molecule has 0 amide bonds. The highest BCUT2D eigenvalue weighted by molar-refractivity contribution is 5.96. The van der Waals surface area contributed by atoms with Gasteiger partial charge in [0.05, 0.1) is 0 Å². The first-order chi connectivity index (χ1) is 7.19. The molecular weight excluding hydrogens is 192 g/mol. The van der Waals surface area contributed by atoms with Crippen LogP contribution in [-0.2, 0) is 0 Å². The van der Waals surface area contributed by atoms with E-state index in [1.807, 2.05) is 13.1 Å². The van der Waals surface area contributed by atoms with Crippen LogP contribution in [0.1, 0.15) is 18.9 Å². The van der Waals surface area contributed by atoms with Crippen molar-refractivity contribution in [3.05, 3.63) is 23.9 Å². The van der Waals surface area contributed by atoms with Crippen LogP contribution in [0, 0.1) is 0 Å². The molecule has 0 bridgehead atoms. The van der Waals surface area contributed by atoms with Gasteiger partial charge in [-0.2, -0.15) is 0 Å². The number of oxime groups is 1. The molecule has 3 N–H and O–H groups in total. The monoisotopic (exact) mass is 208 g/mol. The van der Waals surface area contributed by atoms with Crippen molar-refractivity contribution in [2.75, 3.05) is 18.5 Å². The van der Waals surface area contributed by atoms with Gasteiger partial charge in [-0.1, -0.05) is 12.1 Å². The number of rotatable bonds is 4. The highest BCUT2D eigenvalue weighted by atomic mass is 16.4. The second-order valence-corrected chi connectivity index (χ2v) is 3.31. The molecular formula is C10H16N4O. The standard InChI is InChI=1S/C10H16N4O/c1-3-6-14(2)9-5-4-8(7-12-9)10(11)13-15/h4-5,7,15H,3,6H2,1-2H3,(H2,11,13). The minimum Gasteiger partial charge on any atom is -0.409 e. The lowest BCUT2D eigenvalue weighted by Gasteiger charge is -2.16. The summed E-state index contributed by atoms with van der Waals surface area (Å²) in [7, 11) is 1.98. The lowest BCUT2D eigenvalue weighted by molar-refractivity contribution is 0.318. The minimum atomic E-state index is 0.0761. The molecule has 5 heteroatoms. The Hall–Kier alpha value is -1.78. The summed E-state index contributed by atoms with van der Waals surface area (Å²) >= 11 is 0. The summed E-state index contributed by atoms with van der Waals surface area (Å²) in [5.74, 6) is 0.957. The topological polar surface area (TPSA) is 74.7 Å². The quantitative estimate of drug-likeness (QED) is 0.335. The van der Waals surface area contributed by atoms with Crippen molar-refractivity contribution in [2.45, 2.75) is 13.3 Å². The van der Waals surface area contributed by atoms with Crippen LogP contribution >= 0.6 is 0 Å². The molecule has 0 saturated carbocycles. The molecule has 0 atom stereocenters. The molecule has 0 aliphatic heterocycles. The summed E-state index contributed by atoms with van der Waals surface area (Å²) in [6.45, 7) is 3.07. The summed E-state index contributed by atoms with van der Waals surface area (Å²) in [6, 6.07) is 3.63. The smallest absolute Gasteiger partial charge is 0.171 e. The van der Waals surface area contributed by atoms with Crippen molar-refractivity contribution < 1.29 is 5.21 Å². The number of hydrogen-bond donors (Lipinski definition) is 2. The van der Waals surface area contributed by atoms with Gasteiger partial charge in [0.15, 0.2) is 5.84 Å². The van der Waals surface area contributed by atoms with E-state index in [0.29, 0.717) is 5.56 Å². The van der Waals surface area contributed by atoms with Crippen LogP contribution in [0.15, 0.2) is 23.5 Å². The van der Waals surface area contributed by atoms with Crippen LogP contribution in [0.5, 0.6) is 0 Å². The highest BCUT2D eigenvalue weighted by Crippen LogP contribution is 2.09. The Morgan fingerprint density at radius 1 is 1.60 bits per heavy atom. The van der Waals surface area contributed by atoms with Crippen LogP contribution in [-0.4, -0.2) is 29.6 Å². The second kappa shape index (κ2) is 5.19. The summed E-state index contributed by atoms with van der Waals surface area (Å²) in [5, 5.41) is 11.4. The Morgan fingerprint density at radius 3 is 2.80 bits per heavy atom. The molecule has 1 aromatic heterocycles. The molecule has 0 radical (unpaired) electrons. The van der Waals surface area contributed by atoms with Gasteiger partial charge in [-0.15, -0.1) is 0 Å². The van der Waals surface area contributed by atoms with Gasteiger partial charge in [-0.05, 0) is 18.6 Å². The Bertz CT molecular complexity index is 334. The van der Waals surface area contributed by atoms with E-state index in [4.69, 9.17) is 10.9 Å². The minimum absolute atomic E-state index is 0.0761. The van der Waals surface area contributed by atoms with Gasteiger partial charge < -0.3 is 15.8 Å². The number of anilines is 1. The number of amidine groups is 1. The molecule has 0 unspecified atom stereocenters. The molecule has 15 heavy (non-hydrogen) atoms. The zero-order valence-corrected chi connectivity index (χ0v) is 9.01. The first kappa shape index (κ1) is 11.3. The SMILES string of the molecule is CCCN(C)c1ccc(/C(N)=N/O)cn1. The van der Waals surface area contributed by atoms with Gasteiger partial charge in [0, 0.05) is 25.4 Å². The van der Waals surface area contributed by atoms with Crippen molar-refractivity contribution >= 4 is 11.7 Å². The van der Waals surface area contributed by atoms with Crippen LogP contribution in [0.2, 0.25) is 0 Å². The average molecular weight is 208 g/mol. The number of hydrogen-bond acceptors (Lipinski definition) is 4. The van der Waals surface area contributed by atoms with E-state index >= 15 is 0 Å². The molecule has 0 fully saturated rings. The van der Waals surface area contributed by atoms with Crippen LogP contribution in [0.4, 0.5) is 5.82 Å². The van der Waals surface area contributed by atoms with E-state index < -0.39 is 0 Å². The third-order valence-electron chi connectivity index (χ3n) is 2.10. The summed E-state index contributed by atoms with van der Waals surface area (Å²) in [4.78, 5) is 6.27. The summed E-state index contributed by atoms with van der Waals surface area (Å²) < 4.78 is 0. The molecule has 0 saturated heterocycles. The van der Waals surface area contributed by atoms with Crippen molar-refractivity contribution in [3.8, 4) is 0 Å². The maximum absolute atomic E-state index is 8.48. The third-order valence-corrected chi connectivity index (χ3v) is 2.10. The number of nitrogens with two attached hydrogens (primary N) is 1. The molecule has 1 heterocycles. The van der Waals surface area contributed by atoms with E-state index in [-0.39, 0.29) is 5.84 Å². The largest absolute Gasteiger partial charge is 0.409 e. The van der Waals surface area contributed by atoms with Gasteiger partial charge in [0.25, 0.3) is 0 Å². The fourth-order valence-corrected chi connectivity index (χ4v) is 1.27. The Balaban J connectivity index is 2.80. The molecule has 5 nitrogen and oxygen atoms in total. The fraction of sp³-hybridized carbons (Fsp3) is 0.400. The van der Waals surface area contributed by atoms with Crippen molar-refractivity contribution in [2.24, 2.45) is 10.9 Å². The molecule has 1 aromatic rings. The fourth-order valence-electron chi connectivity index (χ4n) is 1.27. The van der Waals surface area contributed by atoms with Crippen molar-refractivity contribution in [3.63, 3.8) is 0 Å². The van der Waals surface area contributed by atoms with E-state index in [9.17, 15) is 0 Å². The summed E-state index contributed by atoms with van der Waals surface area (Å²) in [5.41, 5.74) is 6.04. The van der Waals surface area contributed by atoms with Gasteiger partial charge in [-0.3, -0.25) is 0 Å². The molecule has 0 aliphatic rings. The van der Waals surface area contributed by atoms with Crippen molar-refractivity contribution in [1.29, 1.82) is 0 Å².